The topological polar surface area (TPSA) is 38.8 Å². The van der Waals surface area contributed by atoms with Crippen molar-refractivity contribution in [1.82, 2.24) is 0 Å². The Morgan fingerprint density at radius 3 is 2.21 bits per heavy atom. The van der Waals surface area contributed by atoms with Gasteiger partial charge in [-0.05, 0) is 53.1 Å². The Morgan fingerprint density at radius 1 is 0.929 bits per heavy atom. The van der Waals surface area contributed by atoms with Crippen molar-refractivity contribution < 1.29 is 14.3 Å². The van der Waals surface area contributed by atoms with E-state index in [0.717, 1.165) is 22.4 Å². The lowest BCUT2D eigenvalue weighted by molar-refractivity contribution is -0.118. The zero-order valence-corrected chi connectivity index (χ0v) is 16.4. The fraction of sp³-hybridized carbons (Fsp3) is 0.174. The van der Waals surface area contributed by atoms with Crippen molar-refractivity contribution in [2.24, 2.45) is 0 Å². The zero-order valence-electron chi connectivity index (χ0n) is 15.7. The zero-order chi connectivity index (χ0) is 19.7. The molecule has 142 valence electrons. The fourth-order valence-electron chi connectivity index (χ4n) is 3.73. The van der Waals surface area contributed by atoms with Crippen molar-refractivity contribution >= 4 is 23.2 Å². The number of halogens is 1. The summed E-state index contributed by atoms with van der Waals surface area (Å²) in [6.45, 7) is 0. The number of fused-ring (bicyclic) bond motifs is 1. The molecule has 0 spiro atoms. The van der Waals surface area contributed by atoms with E-state index in [0.29, 0.717) is 22.9 Å². The lowest BCUT2D eigenvalue weighted by Gasteiger charge is -2.38. The van der Waals surface area contributed by atoms with E-state index in [9.17, 15) is 4.79 Å². The summed E-state index contributed by atoms with van der Waals surface area (Å²) >= 11 is 6.10. The first-order valence-electron chi connectivity index (χ1n) is 8.99. The number of hydrogen-bond donors (Lipinski definition) is 0. The van der Waals surface area contributed by atoms with Crippen LogP contribution in [0.2, 0.25) is 5.02 Å². The Balaban J connectivity index is 1.94. The molecule has 1 atom stereocenters. The molecule has 4 rings (SSSR count). The van der Waals surface area contributed by atoms with Crippen molar-refractivity contribution in [3.8, 4) is 11.5 Å². The minimum Gasteiger partial charge on any atom is -0.493 e. The Labute approximate surface area is 169 Å². The number of carbonyl (C=O) groups is 1. The first-order valence-corrected chi connectivity index (χ1v) is 9.37. The van der Waals surface area contributed by atoms with Crippen LogP contribution < -0.4 is 14.4 Å². The van der Waals surface area contributed by atoms with Gasteiger partial charge in [-0.2, -0.15) is 0 Å². The van der Waals surface area contributed by atoms with Crippen molar-refractivity contribution in [3.63, 3.8) is 0 Å². The molecule has 3 aromatic carbocycles. The summed E-state index contributed by atoms with van der Waals surface area (Å²) in [5.41, 5.74) is 3.79. The van der Waals surface area contributed by atoms with Crippen LogP contribution in [0.15, 0.2) is 66.7 Å². The van der Waals surface area contributed by atoms with Crippen LogP contribution in [-0.2, 0) is 11.2 Å². The highest BCUT2D eigenvalue weighted by molar-refractivity contribution is 6.30. The van der Waals surface area contributed by atoms with Gasteiger partial charge in [0.05, 0.1) is 26.7 Å². The second kappa shape index (κ2) is 7.56. The number of amides is 1. The molecular weight excluding hydrogens is 374 g/mol. The predicted octanol–water partition coefficient (Wildman–Crippen LogP) is 5.04. The molecule has 0 aromatic heterocycles. The summed E-state index contributed by atoms with van der Waals surface area (Å²) in [5.74, 6) is 1.30. The third-order valence-corrected chi connectivity index (χ3v) is 5.28. The Hall–Kier alpha value is -2.98. The van der Waals surface area contributed by atoms with Crippen LogP contribution in [-0.4, -0.2) is 20.1 Å². The maximum absolute atomic E-state index is 13.2. The van der Waals surface area contributed by atoms with Crippen LogP contribution in [0.4, 0.5) is 5.69 Å². The van der Waals surface area contributed by atoms with Gasteiger partial charge in [-0.15, -0.1) is 0 Å². The quantitative estimate of drug-likeness (QED) is 0.623. The van der Waals surface area contributed by atoms with E-state index >= 15 is 0 Å². The highest BCUT2D eigenvalue weighted by Gasteiger charge is 2.35. The summed E-state index contributed by atoms with van der Waals surface area (Å²) in [5, 5.41) is 0.657. The first-order chi connectivity index (χ1) is 13.6. The van der Waals surface area contributed by atoms with Crippen molar-refractivity contribution in [3.05, 3.63) is 88.4 Å². The highest BCUT2D eigenvalue weighted by atomic mass is 35.5. The van der Waals surface area contributed by atoms with E-state index in [1.807, 2.05) is 71.6 Å². The number of ether oxygens (including phenoxy) is 2. The molecule has 5 heteroatoms. The van der Waals surface area contributed by atoms with Gasteiger partial charge in [0.1, 0.15) is 0 Å². The van der Waals surface area contributed by atoms with E-state index in [1.54, 1.807) is 14.2 Å². The third-order valence-electron chi connectivity index (χ3n) is 5.03. The number of methoxy groups -OCH3 is 2. The lowest BCUT2D eigenvalue weighted by atomic mass is 9.87. The molecule has 0 bridgehead atoms. The van der Waals surface area contributed by atoms with Gasteiger partial charge >= 0.3 is 0 Å². The van der Waals surface area contributed by atoms with E-state index in [1.165, 1.54) is 0 Å². The SMILES string of the molecule is COc1cc2c(cc1OC)C(c1ccc(Cl)cc1)N(c1ccccc1)C(=O)C2. The normalized spacial score (nSPS) is 15.9. The summed E-state index contributed by atoms with van der Waals surface area (Å²) < 4.78 is 11.0. The molecule has 1 aliphatic rings. The maximum Gasteiger partial charge on any atom is 0.232 e. The smallest absolute Gasteiger partial charge is 0.232 e. The van der Waals surface area contributed by atoms with Crippen molar-refractivity contribution in [2.45, 2.75) is 12.5 Å². The summed E-state index contributed by atoms with van der Waals surface area (Å²) in [6.07, 6.45) is 0.300. The molecule has 0 saturated heterocycles. The molecule has 1 unspecified atom stereocenters. The van der Waals surface area contributed by atoms with Gasteiger partial charge in [-0.1, -0.05) is 41.9 Å². The lowest BCUT2D eigenvalue weighted by Crippen LogP contribution is -2.41. The van der Waals surface area contributed by atoms with Crippen molar-refractivity contribution in [1.29, 1.82) is 0 Å². The van der Waals surface area contributed by atoms with Gasteiger partial charge in [0.25, 0.3) is 0 Å². The molecule has 0 aliphatic carbocycles. The predicted molar refractivity (Wildman–Crippen MR) is 110 cm³/mol. The van der Waals surface area contributed by atoms with Crippen LogP contribution in [0.3, 0.4) is 0 Å². The molecule has 0 radical (unpaired) electrons. The number of carbonyl (C=O) groups excluding carboxylic acids is 1. The second-order valence-corrected chi connectivity index (χ2v) is 7.07. The number of rotatable bonds is 4. The summed E-state index contributed by atoms with van der Waals surface area (Å²) in [4.78, 5) is 15.0. The minimum absolute atomic E-state index is 0.0332. The largest absolute Gasteiger partial charge is 0.493 e. The van der Waals surface area contributed by atoms with E-state index < -0.39 is 0 Å². The Bertz CT molecular complexity index is 1000. The molecule has 28 heavy (non-hydrogen) atoms. The van der Waals surface area contributed by atoms with Gasteiger partial charge in [0.2, 0.25) is 5.91 Å². The third kappa shape index (κ3) is 3.20. The Morgan fingerprint density at radius 2 is 1.57 bits per heavy atom. The fourth-order valence-corrected chi connectivity index (χ4v) is 3.86. The monoisotopic (exact) mass is 393 g/mol. The van der Waals surface area contributed by atoms with Crippen LogP contribution in [0.5, 0.6) is 11.5 Å². The molecule has 0 fully saturated rings. The van der Waals surface area contributed by atoms with E-state index in [2.05, 4.69) is 0 Å². The second-order valence-electron chi connectivity index (χ2n) is 6.64. The number of para-hydroxylation sites is 1. The standard InChI is InChI=1S/C23H20ClNO3/c1-27-20-12-16-13-22(26)25(18-6-4-3-5-7-18)23(19(16)14-21(20)28-2)15-8-10-17(24)11-9-15/h3-12,14,23H,13H2,1-2H3. The first kappa shape index (κ1) is 18.4. The maximum atomic E-state index is 13.2. The van der Waals surface area contributed by atoms with Crippen LogP contribution >= 0.6 is 11.6 Å². The average Bonchev–Trinajstić information content (AvgIpc) is 2.73. The molecule has 1 amide bonds. The van der Waals surface area contributed by atoms with Crippen molar-refractivity contribution in [2.75, 3.05) is 19.1 Å². The Kier molecular flexibility index (Phi) is 4.97. The van der Waals surface area contributed by atoms with Gasteiger partial charge in [0.15, 0.2) is 11.5 Å². The summed E-state index contributed by atoms with van der Waals surface area (Å²) in [6, 6.07) is 20.9. The van der Waals surface area contributed by atoms with Gasteiger partial charge in [-0.3, -0.25) is 4.79 Å². The number of nitrogens with zero attached hydrogens (tertiary/aromatic N) is 1. The highest BCUT2D eigenvalue weighted by Crippen LogP contribution is 2.43. The molecular formula is C23H20ClNO3. The minimum atomic E-state index is -0.282. The molecule has 4 nitrogen and oxygen atoms in total. The number of benzene rings is 3. The average molecular weight is 394 g/mol. The number of hydrogen-bond acceptors (Lipinski definition) is 3. The number of anilines is 1. The van der Waals surface area contributed by atoms with Gasteiger partial charge in [-0.25, -0.2) is 0 Å². The molecule has 0 saturated carbocycles. The summed E-state index contributed by atoms with van der Waals surface area (Å²) in [7, 11) is 3.21. The van der Waals surface area contributed by atoms with Gasteiger partial charge in [0, 0.05) is 10.7 Å². The van der Waals surface area contributed by atoms with Crippen LogP contribution in [0.25, 0.3) is 0 Å². The van der Waals surface area contributed by atoms with Gasteiger partial charge < -0.3 is 14.4 Å². The molecule has 1 aliphatic heterocycles. The van der Waals surface area contributed by atoms with E-state index in [-0.39, 0.29) is 11.9 Å². The molecule has 1 heterocycles. The van der Waals surface area contributed by atoms with E-state index in [4.69, 9.17) is 21.1 Å². The molecule has 0 N–H and O–H groups in total. The molecule has 3 aromatic rings. The van der Waals surface area contributed by atoms with Crippen LogP contribution in [0.1, 0.15) is 22.7 Å². The van der Waals surface area contributed by atoms with Crippen LogP contribution in [0, 0.1) is 0 Å².